The fraction of sp³-hybridized carbons (Fsp3) is 0.909. The zero-order chi connectivity index (χ0) is 19.2. The molecule has 4 nitrogen and oxygen atoms in total. The van der Waals surface area contributed by atoms with E-state index >= 15 is 0 Å². The minimum atomic E-state index is -0.302. The Kier molecular flexibility index (Phi) is 7.54. The van der Waals surface area contributed by atoms with E-state index in [9.17, 15) is 9.59 Å². The standard InChI is InChI=1S/C22H38O4/c1-5-9-11-17(7-3)19(23)25-18-12-15-22(16-13-18)21(8-4,14-10-6-2)20(24)26-22/h17-18H,5-16H2,1-4H3. The number of hydrogen-bond donors (Lipinski definition) is 0. The van der Waals surface area contributed by atoms with Gasteiger partial charge in [0.1, 0.15) is 17.1 Å². The van der Waals surface area contributed by atoms with Crippen molar-refractivity contribution >= 4 is 11.9 Å². The van der Waals surface area contributed by atoms with E-state index in [1.165, 1.54) is 0 Å². The van der Waals surface area contributed by atoms with Crippen LogP contribution in [0.2, 0.25) is 0 Å². The van der Waals surface area contributed by atoms with Crippen molar-refractivity contribution in [3.8, 4) is 0 Å². The van der Waals surface area contributed by atoms with Gasteiger partial charge < -0.3 is 9.47 Å². The van der Waals surface area contributed by atoms with E-state index in [-0.39, 0.29) is 35.0 Å². The largest absolute Gasteiger partial charge is 0.462 e. The Bertz CT molecular complexity index is 479. The minimum absolute atomic E-state index is 0.00509. The topological polar surface area (TPSA) is 52.6 Å². The molecule has 1 aliphatic heterocycles. The molecule has 1 aliphatic carbocycles. The van der Waals surface area contributed by atoms with Crippen molar-refractivity contribution < 1.29 is 19.1 Å². The SMILES string of the molecule is CCCCC(CC)C(=O)OC1CCC2(CC1)OC(=O)C2(CC)CCCC. The predicted octanol–water partition coefficient (Wildman–Crippen LogP) is 5.57. The summed E-state index contributed by atoms with van der Waals surface area (Å²) in [6, 6.07) is 0. The third kappa shape index (κ3) is 3.94. The Morgan fingerprint density at radius 2 is 1.81 bits per heavy atom. The van der Waals surface area contributed by atoms with Gasteiger partial charge in [0.15, 0.2) is 0 Å². The molecule has 0 N–H and O–H groups in total. The second kappa shape index (κ2) is 9.23. The lowest BCUT2D eigenvalue weighted by Crippen LogP contribution is -2.67. The number of ether oxygens (including phenoxy) is 2. The summed E-state index contributed by atoms with van der Waals surface area (Å²) in [5.74, 6) is 0.00130. The lowest BCUT2D eigenvalue weighted by Gasteiger charge is -2.59. The maximum Gasteiger partial charge on any atom is 0.316 e. The molecule has 0 amide bonds. The Morgan fingerprint density at radius 1 is 1.15 bits per heavy atom. The summed E-state index contributed by atoms with van der Waals surface area (Å²) >= 11 is 0. The molecule has 0 bridgehead atoms. The summed E-state index contributed by atoms with van der Waals surface area (Å²) in [6.45, 7) is 8.49. The van der Waals surface area contributed by atoms with Crippen molar-refractivity contribution in [2.75, 3.05) is 0 Å². The van der Waals surface area contributed by atoms with Gasteiger partial charge in [0.25, 0.3) is 0 Å². The van der Waals surface area contributed by atoms with Crippen molar-refractivity contribution in [3.63, 3.8) is 0 Å². The van der Waals surface area contributed by atoms with Gasteiger partial charge >= 0.3 is 11.9 Å². The molecule has 2 aliphatic rings. The van der Waals surface area contributed by atoms with Crippen molar-refractivity contribution in [2.24, 2.45) is 11.3 Å². The van der Waals surface area contributed by atoms with E-state index in [2.05, 4.69) is 27.7 Å². The monoisotopic (exact) mass is 366 g/mol. The van der Waals surface area contributed by atoms with E-state index in [0.29, 0.717) is 0 Å². The molecule has 2 rings (SSSR count). The third-order valence-corrected chi connectivity index (χ3v) is 6.87. The van der Waals surface area contributed by atoms with Crippen LogP contribution in [-0.2, 0) is 19.1 Å². The summed E-state index contributed by atoms with van der Waals surface area (Å²) in [4.78, 5) is 24.8. The van der Waals surface area contributed by atoms with Crippen molar-refractivity contribution in [1.82, 2.24) is 0 Å². The van der Waals surface area contributed by atoms with E-state index in [1.54, 1.807) is 0 Å². The Balaban J connectivity index is 1.92. The normalized spacial score (nSPS) is 32.0. The van der Waals surface area contributed by atoms with Gasteiger partial charge in [-0.25, -0.2) is 0 Å². The van der Waals surface area contributed by atoms with Gasteiger partial charge in [-0.2, -0.15) is 0 Å². The first-order valence-electron chi connectivity index (χ1n) is 10.9. The second-order valence-electron chi connectivity index (χ2n) is 8.31. The molecule has 4 heteroatoms. The predicted molar refractivity (Wildman–Crippen MR) is 103 cm³/mol. The van der Waals surface area contributed by atoms with E-state index in [0.717, 1.165) is 77.0 Å². The Morgan fingerprint density at radius 3 is 2.31 bits per heavy atom. The maximum absolute atomic E-state index is 12.5. The van der Waals surface area contributed by atoms with Crippen LogP contribution in [-0.4, -0.2) is 23.6 Å². The van der Waals surface area contributed by atoms with Gasteiger partial charge in [-0.3, -0.25) is 9.59 Å². The number of hydrogen-bond acceptors (Lipinski definition) is 4. The molecule has 1 saturated heterocycles. The lowest BCUT2D eigenvalue weighted by molar-refractivity contribution is -0.260. The average Bonchev–Trinajstić information content (AvgIpc) is 2.64. The lowest BCUT2D eigenvalue weighted by atomic mass is 9.57. The van der Waals surface area contributed by atoms with Gasteiger partial charge in [-0.15, -0.1) is 0 Å². The van der Waals surface area contributed by atoms with Gasteiger partial charge in [-0.1, -0.05) is 53.4 Å². The first kappa shape index (κ1) is 21.2. The summed E-state index contributed by atoms with van der Waals surface area (Å²) in [6.07, 6.45) is 11.2. The van der Waals surface area contributed by atoms with Crippen molar-refractivity contribution in [3.05, 3.63) is 0 Å². The summed E-state index contributed by atoms with van der Waals surface area (Å²) in [7, 11) is 0. The van der Waals surface area contributed by atoms with Gasteiger partial charge in [-0.05, 0) is 51.4 Å². The molecule has 0 aromatic rings. The van der Waals surface area contributed by atoms with Gasteiger partial charge in [0, 0.05) is 0 Å². The van der Waals surface area contributed by atoms with Crippen LogP contribution < -0.4 is 0 Å². The molecule has 2 atom stereocenters. The Labute approximate surface area is 159 Å². The van der Waals surface area contributed by atoms with Crippen LogP contribution in [0.5, 0.6) is 0 Å². The Hall–Kier alpha value is -1.06. The average molecular weight is 367 g/mol. The van der Waals surface area contributed by atoms with Crippen LogP contribution in [0.1, 0.15) is 105 Å². The third-order valence-electron chi connectivity index (χ3n) is 6.87. The molecule has 150 valence electrons. The highest BCUT2D eigenvalue weighted by atomic mass is 16.6. The van der Waals surface area contributed by atoms with Crippen LogP contribution in [0.4, 0.5) is 0 Å². The van der Waals surface area contributed by atoms with E-state index < -0.39 is 0 Å². The van der Waals surface area contributed by atoms with Crippen LogP contribution in [0.25, 0.3) is 0 Å². The maximum atomic E-state index is 12.5. The van der Waals surface area contributed by atoms with Crippen molar-refractivity contribution in [1.29, 1.82) is 0 Å². The number of carbonyl (C=O) groups excluding carboxylic acids is 2. The van der Waals surface area contributed by atoms with E-state index in [4.69, 9.17) is 9.47 Å². The smallest absolute Gasteiger partial charge is 0.316 e. The van der Waals surface area contributed by atoms with Gasteiger partial charge in [0.05, 0.1) is 5.92 Å². The molecule has 1 saturated carbocycles. The highest BCUT2D eigenvalue weighted by Gasteiger charge is 2.67. The zero-order valence-electron chi connectivity index (χ0n) is 17.3. The van der Waals surface area contributed by atoms with Crippen molar-refractivity contribution in [2.45, 2.75) is 116 Å². The summed E-state index contributed by atoms with van der Waals surface area (Å²) in [5.41, 5.74) is -0.603. The fourth-order valence-electron chi connectivity index (χ4n) is 4.92. The van der Waals surface area contributed by atoms with E-state index in [1.807, 2.05) is 0 Å². The minimum Gasteiger partial charge on any atom is -0.462 e. The summed E-state index contributed by atoms with van der Waals surface area (Å²) < 4.78 is 11.6. The molecular formula is C22H38O4. The van der Waals surface area contributed by atoms with Crippen LogP contribution in [0, 0.1) is 11.3 Å². The molecule has 2 unspecified atom stereocenters. The number of unbranched alkanes of at least 4 members (excludes halogenated alkanes) is 2. The molecule has 0 aromatic heterocycles. The van der Waals surface area contributed by atoms with Crippen LogP contribution >= 0.6 is 0 Å². The number of esters is 2. The first-order chi connectivity index (χ1) is 12.5. The summed E-state index contributed by atoms with van der Waals surface area (Å²) in [5, 5.41) is 0. The second-order valence-corrected chi connectivity index (χ2v) is 8.31. The molecule has 2 fully saturated rings. The highest BCUT2D eigenvalue weighted by Crippen LogP contribution is 2.58. The quantitative estimate of drug-likeness (QED) is 0.474. The molecule has 26 heavy (non-hydrogen) atoms. The molecule has 0 radical (unpaired) electrons. The van der Waals surface area contributed by atoms with Crippen LogP contribution in [0.3, 0.4) is 0 Å². The molecule has 0 aromatic carbocycles. The highest BCUT2D eigenvalue weighted by molar-refractivity contribution is 5.85. The molecular weight excluding hydrogens is 328 g/mol. The molecule has 1 heterocycles. The first-order valence-corrected chi connectivity index (χ1v) is 10.9. The molecule has 1 spiro atoms. The zero-order valence-corrected chi connectivity index (χ0v) is 17.3. The van der Waals surface area contributed by atoms with Gasteiger partial charge in [0.2, 0.25) is 0 Å². The fourth-order valence-corrected chi connectivity index (χ4v) is 4.92. The number of rotatable bonds is 10. The van der Waals surface area contributed by atoms with Crippen LogP contribution in [0.15, 0.2) is 0 Å². The number of carbonyl (C=O) groups is 2.